The maximum absolute atomic E-state index is 11.8. The minimum atomic E-state index is -0.405. The Bertz CT molecular complexity index is 572. The van der Waals surface area contributed by atoms with E-state index < -0.39 is 5.91 Å². The topological polar surface area (TPSA) is 94.3 Å². The van der Waals surface area contributed by atoms with Gasteiger partial charge in [-0.05, 0) is 12.1 Å². The third-order valence-electron chi connectivity index (χ3n) is 2.46. The number of amides is 2. The molecule has 2 N–H and O–H groups in total. The second-order valence-corrected chi connectivity index (χ2v) is 3.70. The van der Waals surface area contributed by atoms with Gasteiger partial charge in [-0.3, -0.25) is 9.59 Å². The maximum Gasteiger partial charge on any atom is 0.271 e. The Hall–Kier alpha value is -2.68. The van der Waals surface area contributed by atoms with Crippen molar-refractivity contribution in [1.82, 2.24) is 5.43 Å². The average Bonchev–Trinajstić information content (AvgIpc) is 2.40. The van der Waals surface area contributed by atoms with Crippen molar-refractivity contribution in [3.63, 3.8) is 0 Å². The predicted molar refractivity (Wildman–Crippen MR) is 64.6 cm³/mol. The molecule has 2 amide bonds. The van der Waals surface area contributed by atoms with Crippen LogP contribution in [0, 0.1) is 11.3 Å². The first-order valence-electron chi connectivity index (χ1n) is 5.36. The number of benzene rings is 1. The molecule has 1 aromatic rings. The van der Waals surface area contributed by atoms with Crippen LogP contribution in [0.4, 0.5) is 5.69 Å². The van der Waals surface area contributed by atoms with Crippen LogP contribution >= 0.6 is 0 Å². The Balaban J connectivity index is 2.13. The molecule has 1 aliphatic rings. The smallest absolute Gasteiger partial charge is 0.271 e. The third-order valence-corrected chi connectivity index (χ3v) is 2.46. The van der Waals surface area contributed by atoms with Gasteiger partial charge in [0.15, 0.2) is 0 Å². The highest BCUT2D eigenvalue weighted by Gasteiger charge is 2.18. The molecule has 0 spiro atoms. The molecular formula is C12H10N4O2. The standard InChI is InChI=1S/C12H10N4O2/c13-7-8-3-1-2-4-9(8)14-12(18)10-5-6-11(17)16-15-10/h1-4H,5-6H2,(H,14,18)(H,16,17). The second-order valence-electron chi connectivity index (χ2n) is 3.70. The van der Waals surface area contributed by atoms with Crippen molar-refractivity contribution >= 4 is 23.2 Å². The molecule has 90 valence electrons. The molecule has 2 rings (SSSR count). The fourth-order valence-electron chi connectivity index (χ4n) is 1.52. The minimum Gasteiger partial charge on any atom is -0.320 e. The zero-order valence-electron chi connectivity index (χ0n) is 9.43. The molecule has 0 fully saturated rings. The Morgan fingerprint density at radius 3 is 2.83 bits per heavy atom. The summed E-state index contributed by atoms with van der Waals surface area (Å²) in [5.41, 5.74) is 3.32. The highest BCUT2D eigenvalue weighted by Crippen LogP contribution is 2.14. The van der Waals surface area contributed by atoms with Crippen molar-refractivity contribution in [1.29, 1.82) is 5.26 Å². The van der Waals surface area contributed by atoms with Crippen LogP contribution in [0.1, 0.15) is 18.4 Å². The summed E-state index contributed by atoms with van der Waals surface area (Å²) in [7, 11) is 0. The number of nitrogens with one attached hydrogen (secondary N) is 2. The van der Waals surface area contributed by atoms with E-state index >= 15 is 0 Å². The van der Waals surface area contributed by atoms with Crippen LogP contribution in [0.2, 0.25) is 0 Å². The zero-order chi connectivity index (χ0) is 13.0. The van der Waals surface area contributed by atoms with E-state index in [2.05, 4.69) is 15.8 Å². The summed E-state index contributed by atoms with van der Waals surface area (Å²) in [5.74, 6) is -0.610. The van der Waals surface area contributed by atoms with Crippen LogP contribution < -0.4 is 10.7 Å². The molecule has 1 aromatic carbocycles. The van der Waals surface area contributed by atoms with E-state index in [-0.39, 0.29) is 18.0 Å². The first-order chi connectivity index (χ1) is 8.70. The van der Waals surface area contributed by atoms with Gasteiger partial charge in [-0.1, -0.05) is 12.1 Å². The number of anilines is 1. The molecule has 0 atom stereocenters. The van der Waals surface area contributed by atoms with Gasteiger partial charge >= 0.3 is 0 Å². The minimum absolute atomic E-state index is 0.205. The molecule has 0 bridgehead atoms. The summed E-state index contributed by atoms with van der Waals surface area (Å²) in [6.45, 7) is 0. The monoisotopic (exact) mass is 242 g/mol. The van der Waals surface area contributed by atoms with Crippen LogP contribution in [0.3, 0.4) is 0 Å². The highest BCUT2D eigenvalue weighted by atomic mass is 16.2. The number of hydrogen-bond acceptors (Lipinski definition) is 4. The molecule has 6 nitrogen and oxygen atoms in total. The number of carbonyl (C=O) groups is 2. The molecule has 18 heavy (non-hydrogen) atoms. The van der Waals surface area contributed by atoms with Crippen molar-refractivity contribution < 1.29 is 9.59 Å². The van der Waals surface area contributed by atoms with E-state index in [1.54, 1.807) is 24.3 Å². The van der Waals surface area contributed by atoms with Crippen molar-refractivity contribution in [3.05, 3.63) is 29.8 Å². The number of nitriles is 1. The van der Waals surface area contributed by atoms with Gasteiger partial charge in [0.2, 0.25) is 5.91 Å². The summed E-state index contributed by atoms with van der Waals surface area (Å²) in [6.07, 6.45) is 0.540. The van der Waals surface area contributed by atoms with Crippen molar-refractivity contribution in [3.8, 4) is 6.07 Å². The molecule has 1 aliphatic heterocycles. The lowest BCUT2D eigenvalue weighted by Crippen LogP contribution is -2.32. The number of nitrogens with zero attached hydrogens (tertiary/aromatic N) is 2. The number of hydrogen-bond donors (Lipinski definition) is 2. The average molecular weight is 242 g/mol. The Morgan fingerprint density at radius 1 is 1.39 bits per heavy atom. The van der Waals surface area contributed by atoms with E-state index in [9.17, 15) is 9.59 Å². The Morgan fingerprint density at radius 2 is 2.17 bits per heavy atom. The largest absolute Gasteiger partial charge is 0.320 e. The van der Waals surface area contributed by atoms with Crippen molar-refractivity contribution in [2.24, 2.45) is 5.10 Å². The summed E-state index contributed by atoms with van der Waals surface area (Å²) in [6, 6.07) is 8.67. The Labute approximate surface area is 103 Å². The molecular weight excluding hydrogens is 232 g/mol. The lowest BCUT2D eigenvalue weighted by molar-refractivity contribution is -0.121. The van der Waals surface area contributed by atoms with Gasteiger partial charge in [-0.15, -0.1) is 0 Å². The quantitative estimate of drug-likeness (QED) is 0.801. The number of hydrazone groups is 1. The van der Waals surface area contributed by atoms with Crippen LogP contribution in [-0.2, 0) is 9.59 Å². The van der Waals surface area contributed by atoms with Crippen molar-refractivity contribution in [2.75, 3.05) is 5.32 Å². The van der Waals surface area contributed by atoms with Crippen LogP contribution in [0.15, 0.2) is 29.4 Å². The molecule has 0 unspecified atom stereocenters. The number of carbonyl (C=O) groups excluding carboxylic acids is 2. The maximum atomic E-state index is 11.8. The van der Waals surface area contributed by atoms with Gasteiger partial charge < -0.3 is 5.32 Å². The van der Waals surface area contributed by atoms with E-state index in [0.29, 0.717) is 17.7 Å². The predicted octanol–water partition coefficient (Wildman–Crippen LogP) is 0.763. The molecule has 0 saturated heterocycles. The molecule has 0 saturated carbocycles. The first-order valence-corrected chi connectivity index (χ1v) is 5.36. The van der Waals surface area contributed by atoms with Crippen molar-refractivity contribution in [2.45, 2.75) is 12.8 Å². The fraction of sp³-hybridized carbons (Fsp3) is 0.167. The first kappa shape index (κ1) is 11.8. The molecule has 0 aliphatic carbocycles. The zero-order valence-corrected chi connectivity index (χ0v) is 9.43. The van der Waals surface area contributed by atoms with Gasteiger partial charge in [-0.25, -0.2) is 5.43 Å². The lowest BCUT2D eigenvalue weighted by Gasteiger charge is -2.12. The molecule has 0 aromatic heterocycles. The van der Waals surface area contributed by atoms with Crippen LogP contribution in [0.5, 0.6) is 0 Å². The van der Waals surface area contributed by atoms with Crippen LogP contribution in [-0.4, -0.2) is 17.5 Å². The normalized spacial score (nSPS) is 14.2. The molecule has 6 heteroatoms. The summed E-state index contributed by atoms with van der Waals surface area (Å²) in [5, 5.41) is 15.2. The Kier molecular flexibility index (Phi) is 3.34. The summed E-state index contributed by atoms with van der Waals surface area (Å²) < 4.78 is 0. The second kappa shape index (κ2) is 5.10. The van der Waals surface area contributed by atoms with Gasteiger partial charge in [0, 0.05) is 12.8 Å². The third kappa shape index (κ3) is 2.52. The van der Waals surface area contributed by atoms with Gasteiger partial charge in [0.1, 0.15) is 11.8 Å². The summed E-state index contributed by atoms with van der Waals surface area (Å²) in [4.78, 5) is 22.7. The van der Waals surface area contributed by atoms with Gasteiger partial charge in [0.05, 0.1) is 11.3 Å². The van der Waals surface area contributed by atoms with Gasteiger partial charge in [-0.2, -0.15) is 10.4 Å². The van der Waals surface area contributed by atoms with E-state index in [1.165, 1.54) is 0 Å². The molecule has 1 heterocycles. The number of rotatable bonds is 2. The SMILES string of the molecule is N#Cc1ccccc1NC(=O)C1=NNC(=O)CC1. The number of para-hydroxylation sites is 1. The van der Waals surface area contributed by atoms with E-state index in [0.717, 1.165) is 0 Å². The van der Waals surface area contributed by atoms with E-state index in [1.807, 2.05) is 6.07 Å². The van der Waals surface area contributed by atoms with E-state index in [4.69, 9.17) is 5.26 Å². The fourth-order valence-corrected chi connectivity index (χ4v) is 1.52. The lowest BCUT2D eigenvalue weighted by atomic mass is 10.1. The molecule has 0 radical (unpaired) electrons. The van der Waals surface area contributed by atoms with Gasteiger partial charge in [0.25, 0.3) is 5.91 Å². The summed E-state index contributed by atoms with van der Waals surface area (Å²) >= 11 is 0. The van der Waals surface area contributed by atoms with Crippen LogP contribution in [0.25, 0.3) is 0 Å². The highest BCUT2D eigenvalue weighted by molar-refractivity contribution is 6.43.